The third-order valence-corrected chi connectivity index (χ3v) is 4.19. The van der Waals surface area contributed by atoms with Crippen LogP contribution < -0.4 is 10.2 Å². The molecule has 27 heavy (non-hydrogen) atoms. The molecule has 2 N–H and O–H groups in total. The standard InChI is InChI=1S/C18H19N5O4/c1-3-16(25)20-12-4-5-15(24)14(8-12)18(27)22-6-7-23(17(26)11-22)13-9-19-21(2)10-13/h3-5,8-10,24H,1,6-7,11H2,2H3,(H,20,25). The van der Waals surface area contributed by atoms with Crippen LogP contribution in [-0.4, -0.2) is 57.1 Å². The van der Waals surface area contributed by atoms with E-state index in [0.717, 1.165) is 6.08 Å². The number of hydrogen-bond acceptors (Lipinski definition) is 5. The third-order valence-electron chi connectivity index (χ3n) is 4.19. The third kappa shape index (κ3) is 3.81. The second kappa shape index (κ2) is 7.32. The molecular formula is C18H19N5O4. The number of benzene rings is 1. The van der Waals surface area contributed by atoms with Crippen molar-refractivity contribution in [2.75, 3.05) is 29.9 Å². The second-order valence-corrected chi connectivity index (χ2v) is 6.07. The van der Waals surface area contributed by atoms with Crippen molar-refractivity contribution in [2.45, 2.75) is 0 Å². The van der Waals surface area contributed by atoms with Gasteiger partial charge in [-0.2, -0.15) is 5.10 Å². The summed E-state index contributed by atoms with van der Waals surface area (Å²) in [4.78, 5) is 39.6. The minimum absolute atomic E-state index is 0.0134. The first kappa shape index (κ1) is 18.2. The first-order valence-electron chi connectivity index (χ1n) is 8.23. The summed E-state index contributed by atoms with van der Waals surface area (Å²) in [5.41, 5.74) is 1.03. The van der Waals surface area contributed by atoms with E-state index >= 15 is 0 Å². The molecule has 0 spiro atoms. The Bertz CT molecular complexity index is 920. The molecule has 1 fully saturated rings. The van der Waals surface area contributed by atoms with Crippen molar-refractivity contribution in [1.82, 2.24) is 14.7 Å². The maximum absolute atomic E-state index is 12.8. The predicted octanol–water partition coefficient (Wildman–Crippen LogP) is 0.739. The number of nitrogens with zero attached hydrogens (tertiary/aromatic N) is 4. The van der Waals surface area contributed by atoms with Gasteiger partial charge in [0.2, 0.25) is 11.8 Å². The molecule has 2 aromatic rings. The average Bonchev–Trinajstić information content (AvgIpc) is 3.08. The topological polar surface area (TPSA) is 108 Å². The number of aromatic nitrogens is 2. The molecule has 140 valence electrons. The molecule has 0 aliphatic carbocycles. The van der Waals surface area contributed by atoms with Crippen LogP contribution in [-0.2, 0) is 16.6 Å². The van der Waals surface area contributed by atoms with E-state index in [1.165, 1.54) is 23.1 Å². The number of phenols is 1. The molecule has 0 bridgehead atoms. The largest absolute Gasteiger partial charge is 0.507 e. The van der Waals surface area contributed by atoms with Gasteiger partial charge in [-0.05, 0) is 24.3 Å². The number of piperazine rings is 1. The smallest absolute Gasteiger partial charge is 0.258 e. The van der Waals surface area contributed by atoms with E-state index in [9.17, 15) is 19.5 Å². The van der Waals surface area contributed by atoms with Gasteiger partial charge in [-0.3, -0.25) is 19.1 Å². The summed E-state index contributed by atoms with van der Waals surface area (Å²) in [6, 6.07) is 4.16. The second-order valence-electron chi connectivity index (χ2n) is 6.07. The van der Waals surface area contributed by atoms with Gasteiger partial charge in [0.1, 0.15) is 12.3 Å². The number of rotatable bonds is 4. The summed E-state index contributed by atoms with van der Waals surface area (Å²) in [5.74, 6) is -1.38. The molecule has 1 aromatic heterocycles. The minimum Gasteiger partial charge on any atom is -0.507 e. The summed E-state index contributed by atoms with van der Waals surface area (Å²) in [5, 5.41) is 16.6. The number of carbonyl (C=O) groups is 3. The molecule has 2 heterocycles. The zero-order chi connectivity index (χ0) is 19.6. The van der Waals surface area contributed by atoms with Crippen LogP contribution in [0.4, 0.5) is 11.4 Å². The fraction of sp³-hybridized carbons (Fsp3) is 0.222. The van der Waals surface area contributed by atoms with Crippen LogP contribution in [0.25, 0.3) is 0 Å². The highest BCUT2D eigenvalue weighted by Gasteiger charge is 2.30. The van der Waals surface area contributed by atoms with Gasteiger partial charge >= 0.3 is 0 Å². The van der Waals surface area contributed by atoms with Gasteiger partial charge in [0.15, 0.2) is 0 Å². The molecule has 0 saturated carbocycles. The summed E-state index contributed by atoms with van der Waals surface area (Å²) in [6.07, 6.45) is 4.42. The maximum Gasteiger partial charge on any atom is 0.258 e. The molecule has 1 aliphatic rings. The van der Waals surface area contributed by atoms with Crippen molar-refractivity contribution in [3.63, 3.8) is 0 Å². The van der Waals surface area contributed by atoms with Gasteiger partial charge in [0, 0.05) is 32.0 Å². The van der Waals surface area contributed by atoms with Crippen LogP contribution in [0.3, 0.4) is 0 Å². The molecule has 1 saturated heterocycles. The van der Waals surface area contributed by atoms with E-state index in [0.29, 0.717) is 24.5 Å². The average molecular weight is 369 g/mol. The molecular weight excluding hydrogens is 350 g/mol. The Kier molecular flexibility index (Phi) is 4.93. The van der Waals surface area contributed by atoms with E-state index in [1.807, 2.05) is 0 Å². The number of aromatic hydroxyl groups is 1. The minimum atomic E-state index is -0.485. The zero-order valence-electron chi connectivity index (χ0n) is 14.8. The summed E-state index contributed by atoms with van der Waals surface area (Å²) in [6.45, 7) is 3.88. The highest BCUT2D eigenvalue weighted by Crippen LogP contribution is 2.24. The predicted molar refractivity (Wildman–Crippen MR) is 98.4 cm³/mol. The number of amides is 3. The van der Waals surface area contributed by atoms with Gasteiger partial charge in [0.25, 0.3) is 5.91 Å². The normalized spacial score (nSPS) is 14.2. The van der Waals surface area contributed by atoms with E-state index in [2.05, 4.69) is 17.0 Å². The Morgan fingerprint density at radius 2 is 2.11 bits per heavy atom. The van der Waals surface area contributed by atoms with E-state index < -0.39 is 11.8 Å². The summed E-state index contributed by atoms with van der Waals surface area (Å²) >= 11 is 0. The lowest BCUT2D eigenvalue weighted by atomic mass is 10.1. The number of nitrogens with one attached hydrogen (secondary N) is 1. The van der Waals surface area contributed by atoms with Gasteiger partial charge in [-0.25, -0.2) is 0 Å². The summed E-state index contributed by atoms with van der Waals surface area (Å²) < 4.78 is 1.60. The number of phenolic OH excluding ortho intramolecular Hbond substituents is 1. The van der Waals surface area contributed by atoms with Gasteiger partial charge < -0.3 is 20.2 Å². The van der Waals surface area contributed by atoms with Crippen molar-refractivity contribution < 1.29 is 19.5 Å². The van der Waals surface area contributed by atoms with Crippen molar-refractivity contribution in [1.29, 1.82) is 0 Å². The number of hydrogen-bond donors (Lipinski definition) is 2. The quantitative estimate of drug-likeness (QED) is 0.610. The lowest BCUT2D eigenvalue weighted by molar-refractivity contribution is -0.120. The Morgan fingerprint density at radius 1 is 1.33 bits per heavy atom. The lowest BCUT2D eigenvalue weighted by Crippen LogP contribution is -2.52. The van der Waals surface area contributed by atoms with E-state index in [-0.39, 0.29) is 23.8 Å². The number of aryl methyl sites for hydroxylation is 1. The Balaban J connectivity index is 1.75. The zero-order valence-corrected chi connectivity index (χ0v) is 14.8. The van der Waals surface area contributed by atoms with Crippen LogP contribution >= 0.6 is 0 Å². The Labute approximate surface area is 155 Å². The van der Waals surface area contributed by atoms with Crippen molar-refractivity contribution in [2.24, 2.45) is 7.05 Å². The molecule has 9 heteroatoms. The molecule has 0 unspecified atom stereocenters. The monoisotopic (exact) mass is 369 g/mol. The van der Waals surface area contributed by atoms with Gasteiger partial charge in [0.05, 0.1) is 17.4 Å². The van der Waals surface area contributed by atoms with Crippen LogP contribution in [0.1, 0.15) is 10.4 Å². The molecule has 3 amide bonds. The van der Waals surface area contributed by atoms with E-state index in [4.69, 9.17) is 0 Å². The van der Waals surface area contributed by atoms with E-state index in [1.54, 1.807) is 29.0 Å². The fourth-order valence-corrected chi connectivity index (χ4v) is 2.82. The maximum atomic E-state index is 12.8. The van der Waals surface area contributed by atoms with Gasteiger partial charge in [-0.1, -0.05) is 6.58 Å². The highest BCUT2D eigenvalue weighted by atomic mass is 16.3. The van der Waals surface area contributed by atoms with Crippen LogP contribution in [0.2, 0.25) is 0 Å². The first-order valence-corrected chi connectivity index (χ1v) is 8.23. The van der Waals surface area contributed by atoms with Crippen molar-refractivity contribution >= 4 is 29.1 Å². The van der Waals surface area contributed by atoms with Crippen molar-refractivity contribution in [3.05, 3.63) is 48.8 Å². The lowest BCUT2D eigenvalue weighted by Gasteiger charge is -2.33. The van der Waals surface area contributed by atoms with Crippen LogP contribution in [0, 0.1) is 0 Å². The Morgan fingerprint density at radius 3 is 2.74 bits per heavy atom. The first-order chi connectivity index (χ1) is 12.9. The molecule has 9 nitrogen and oxygen atoms in total. The molecule has 3 rings (SSSR count). The van der Waals surface area contributed by atoms with Gasteiger partial charge in [-0.15, -0.1) is 0 Å². The highest BCUT2D eigenvalue weighted by molar-refractivity contribution is 6.04. The molecule has 1 aromatic carbocycles. The fourth-order valence-electron chi connectivity index (χ4n) is 2.82. The molecule has 0 atom stereocenters. The molecule has 1 aliphatic heterocycles. The van der Waals surface area contributed by atoms with Crippen molar-refractivity contribution in [3.8, 4) is 5.75 Å². The van der Waals surface area contributed by atoms with Crippen LogP contribution in [0.15, 0.2) is 43.2 Å². The Hall–Kier alpha value is -3.62. The summed E-state index contributed by atoms with van der Waals surface area (Å²) in [7, 11) is 1.76. The molecule has 0 radical (unpaired) electrons. The SMILES string of the molecule is C=CC(=O)Nc1ccc(O)c(C(=O)N2CCN(c3cnn(C)c3)C(=O)C2)c1. The van der Waals surface area contributed by atoms with Crippen LogP contribution in [0.5, 0.6) is 5.75 Å². The number of anilines is 2. The number of carbonyl (C=O) groups excluding carboxylic acids is 3.